The predicted octanol–water partition coefficient (Wildman–Crippen LogP) is 3.47. The first kappa shape index (κ1) is 15.8. The fraction of sp³-hybridized carbons (Fsp3) is 0.0526. The number of fused-ring (bicyclic) bond motifs is 1. The van der Waals surface area contributed by atoms with E-state index in [1.54, 1.807) is 19.5 Å². The van der Waals surface area contributed by atoms with E-state index in [0.29, 0.717) is 11.6 Å². The molecule has 7 heteroatoms. The van der Waals surface area contributed by atoms with Gasteiger partial charge in [0.2, 0.25) is 0 Å². The van der Waals surface area contributed by atoms with Crippen LogP contribution in [-0.4, -0.2) is 33.5 Å². The van der Waals surface area contributed by atoms with Gasteiger partial charge in [-0.3, -0.25) is 0 Å². The first-order chi connectivity index (χ1) is 12.8. The fourth-order valence-corrected chi connectivity index (χ4v) is 2.70. The van der Waals surface area contributed by atoms with Gasteiger partial charge in [-0.2, -0.15) is 10.2 Å². The fourth-order valence-electron chi connectivity index (χ4n) is 2.70. The molecule has 7 nitrogen and oxygen atoms in total. The van der Waals surface area contributed by atoms with Crippen molar-refractivity contribution < 1.29 is 4.74 Å². The normalized spacial score (nSPS) is 11.1. The zero-order chi connectivity index (χ0) is 17.8. The van der Waals surface area contributed by atoms with Crippen LogP contribution in [0.5, 0.6) is 5.75 Å². The SMILES string of the molecule is COc1ccccc1-c1cnnc(N/N=C\c2c[nH]c3ccccc23)n1. The van der Waals surface area contributed by atoms with Gasteiger partial charge in [0, 0.05) is 28.2 Å². The zero-order valence-corrected chi connectivity index (χ0v) is 14.0. The van der Waals surface area contributed by atoms with Gasteiger partial charge in [-0.05, 0) is 18.2 Å². The molecule has 26 heavy (non-hydrogen) atoms. The Balaban J connectivity index is 1.56. The summed E-state index contributed by atoms with van der Waals surface area (Å²) >= 11 is 0. The highest BCUT2D eigenvalue weighted by Crippen LogP contribution is 2.27. The monoisotopic (exact) mass is 344 g/mol. The quantitative estimate of drug-likeness (QED) is 0.427. The number of aromatic amines is 1. The molecule has 0 aliphatic carbocycles. The first-order valence-electron chi connectivity index (χ1n) is 8.03. The molecular formula is C19H16N6O. The Kier molecular flexibility index (Phi) is 4.26. The summed E-state index contributed by atoms with van der Waals surface area (Å²) in [5.41, 5.74) is 6.36. The van der Waals surface area contributed by atoms with Gasteiger partial charge in [0.15, 0.2) is 0 Å². The van der Waals surface area contributed by atoms with E-state index in [-0.39, 0.29) is 0 Å². The van der Waals surface area contributed by atoms with E-state index in [1.807, 2.05) is 54.7 Å². The van der Waals surface area contributed by atoms with Gasteiger partial charge < -0.3 is 9.72 Å². The number of rotatable bonds is 5. The summed E-state index contributed by atoms with van der Waals surface area (Å²) in [6.07, 6.45) is 5.21. The second-order valence-corrected chi connectivity index (χ2v) is 5.53. The van der Waals surface area contributed by atoms with Crippen molar-refractivity contribution in [3.8, 4) is 17.0 Å². The van der Waals surface area contributed by atoms with Crippen molar-refractivity contribution in [2.45, 2.75) is 0 Å². The third-order valence-corrected chi connectivity index (χ3v) is 3.93. The average molecular weight is 344 g/mol. The van der Waals surface area contributed by atoms with Crippen LogP contribution < -0.4 is 10.2 Å². The molecule has 128 valence electrons. The molecule has 0 saturated carbocycles. The second-order valence-electron chi connectivity index (χ2n) is 5.53. The number of anilines is 1. The third kappa shape index (κ3) is 3.10. The topological polar surface area (TPSA) is 88.1 Å². The van der Waals surface area contributed by atoms with Crippen LogP contribution in [0.25, 0.3) is 22.2 Å². The summed E-state index contributed by atoms with van der Waals surface area (Å²) in [5.74, 6) is 1.03. The van der Waals surface area contributed by atoms with E-state index in [4.69, 9.17) is 4.74 Å². The molecule has 0 aliphatic rings. The van der Waals surface area contributed by atoms with E-state index >= 15 is 0 Å². The Morgan fingerprint density at radius 1 is 1.12 bits per heavy atom. The van der Waals surface area contributed by atoms with Gasteiger partial charge in [-0.1, -0.05) is 30.3 Å². The van der Waals surface area contributed by atoms with Crippen LogP contribution >= 0.6 is 0 Å². The lowest BCUT2D eigenvalue weighted by Gasteiger charge is -2.07. The molecule has 0 spiro atoms. The van der Waals surface area contributed by atoms with E-state index < -0.39 is 0 Å². The highest BCUT2D eigenvalue weighted by Gasteiger charge is 2.08. The van der Waals surface area contributed by atoms with Crippen molar-refractivity contribution in [1.82, 2.24) is 20.2 Å². The Hall–Kier alpha value is -3.74. The molecule has 0 saturated heterocycles. The van der Waals surface area contributed by atoms with Crippen molar-refractivity contribution in [3.63, 3.8) is 0 Å². The van der Waals surface area contributed by atoms with Crippen molar-refractivity contribution in [3.05, 3.63) is 66.5 Å². The number of nitrogens with zero attached hydrogens (tertiary/aromatic N) is 4. The van der Waals surface area contributed by atoms with Crippen molar-refractivity contribution in [2.24, 2.45) is 5.10 Å². The molecule has 0 amide bonds. The van der Waals surface area contributed by atoms with E-state index in [0.717, 1.165) is 27.8 Å². The van der Waals surface area contributed by atoms with Gasteiger partial charge >= 0.3 is 0 Å². The maximum Gasteiger partial charge on any atom is 0.263 e. The highest BCUT2D eigenvalue weighted by atomic mass is 16.5. The molecule has 0 bridgehead atoms. The first-order valence-corrected chi connectivity index (χ1v) is 8.03. The van der Waals surface area contributed by atoms with Crippen LogP contribution in [0, 0.1) is 0 Å². The minimum absolute atomic E-state index is 0.310. The maximum absolute atomic E-state index is 5.37. The molecule has 2 aromatic carbocycles. The number of methoxy groups -OCH3 is 1. The molecule has 4 rings (SSSR count). The Labute approximate surface area is 149 Å². The largest absolute Gasteiger partial charge is 0.496 e. The van der Waals surface area contributed by atoms with Gasteiger partial charge in [0.25, 0.3) is 5.95 Å². The van der Waals surface area contributed by atoms with Crippen LogP contribution in [-0.2, 0) is 0 Å². The molecule has 0 fully saturated rings. The van der Waals surface area contributed by atoms with Gasteiger partial charge in [0.1, 0.15) is 5.75 Å². The number of hydrogen-bond donors (Lipinski definition) is 2. The summed E-state index contributed by atoms with van der Waals surface area (Å²) in [6, 6.07) is 15.6. The summed E-state index contributed by atoms with van der Waals surface area (Å²) in [5, 5.41) is 13.3. The predicted molar refractivity (Wildman–Crippen MR) is 101 cm³/mol. The number of H-pyrrole nitrogens is 1. The summed E-state index contributed by atoms with van der Waals surface area (Å²) in [7, 11) is 1.62. The number of benzene rings is 2. The standard InChI is InChI=1S/C19H16N6O/c1-26-18-9-5-3-7-15(18)17-12-22-25-19(23-17)24-21-11-13-10-20-16-8-4-2-6-14(13)16/h2-12,20H,1H3,(H,23,24,25)/b21-11-. The minimum Gasteiger partial charge on any atom is -0.496 e. The number of para-hydroxylation sites is 2. The lowest BCUT2D eigenvalue weighted by Crippen LogP contribution is -2.00. The minimum atomic E-state index is 0.310. The molecule has 0 atom stereocenters. The van der Waals surface area contributed by atoms with E-state index in [1.165, 1.54) is 0 Å². The average Bonchev–Trinajstić information content (AvgIpc) is 3.11. The molecule has 2 aromatic heterocycles. The van der Waals surface area contributed by atoms with Crippen LogP contribution in [0.3, 0.4) is 0 Å². The highest BCUT2D eigenvalue weighted by molar-refractivity contribution is 5.99. The van der Waals surface area contributed by atoms with Gasteiger partial charge in [-0.15, -0.1) is 5.10 Å². The number of ether oxygens (including phenoxy) is 1. The zero-order valence-electron chi connectivity index (χ0n) is 14.0. The Morgan fingerprint density at radius 2 is 1.96 bits per heavy atom. The van der Waals surface area contributed by atoms with E-state index in [9.17, 15) is 0 Å². The van der Waals surface area contributed by atoms with Gasteiger partial charge in [0.05, 0.1) is 25.2 Å². The maximum atomic E-state index is 5.37. The molecule has 0 radical (unpaired) electrons. The van der Waals surface area contributed by atoms with E-state index in [2.05, 4.69) is 30.7 Å². The molecule has 0 unspecified atom stereocenters. The van der Waals surface area contributed by atoms with Crippen LogP contribution in [0.15, 0.2) is 66.0 Å². The second kappa shape index (κ2) is 7.02. The Bertz CT molecular complexity index is 1070. The molecule has 4 aromatic rings. The third-order valence-electron chi connectivity index (χ3n) is 3.93. The van der Waals surface area contributed by atoms with Crippen molar-refractivity contribution in [2.75, 3.05) is 12.5 Å². The lowest BCUT2D eigenvalue weighted by molar-refractivity contribution is 0.416. The summed E-state index contributed by atoms with van der Waals surface area (Å²) < 4.78 is 5.37. The lowest BCUT2D eigenvalue weighted by atomic mass is 10.1. The van der Waals surface area contributed by atoms with Crippen LogP contribution in [0.2, 0.25) is 0 Å². The number of aromatic nitrogens is 4. The Morgan fingerprint density at radius 3 is 2.88 bits per heavy atom. The number of hydrazone groups is 1. The molecule has 0 aliphatic heterocycles. The summed E-state index contributed by atoms with van der Waals surface area (Å²) in [6.45, 7) is 0. The van der Waals surface area contributed by atoms with Crippen LogP contribution in [0.1, 0.15) is 5.56 Å². The van der Waals surface area contributed by atoms with Crippen LogP contribution in [0.4, 0.5) is 5.95 Å². The molecule has 2 N–H and O–H groups in total. The number of hydrogen-bond acceptors (Lipinski definition) is 6. The molecular weight excluding hydrogens is 328 g/mol. The smallest absolute Gasteiger partial charge is 0.263 e. The number of nitrogens with one attached hydrogen (secondary N) is 2. The summed E-state index contributed by atoms with van der Waals surface area (Å²) in [4.78, 5) is 7.65. The molecule has 2 heterocycles. The van der Waals surface area contributed by atoms with Crippen molar-refractivity contribution in [1.29, 1.82) is 0 Å². The van der Waals surface area contributed by atoms with Gasteiger partial charge in [-0.25, -0.2) is 10.4 Å². The van der Waals surface area contributed by atoms with Crippen molar-refractivity contribution >= 4 is 23.1 Å².